The van der Waals surface area contributed by atoms with E-state index in [1.807, 2.05) is 55.8 Å². The van der Waals surface area contributed by atoms with E-state index in [0.29, 0.717) is 19.6 Å². The van der Waals surface area contributed by atoms with Crippen LogP contribution in [0.5, 0.6) is 0 Å². The van der Waals surface area contributed by atoms with Gasteiger partial charge in [0.15, 0.2) is 0 Å². The molecule has 1 aromatic heterocycles. The molecule has 0 saturated heterocycles. The largest absolute Gasteiger partial charge is 0.444 e. The Hall–Kier alpha value is -1.82. The summed E-state index contributed by atoms with van der Waals surface area (Å²) in [6.07, 6.45) is 5.04. The second kappa shape index (κ2) is 7.64. The topological polar surface area (TPSA) is 47.4 Å². The Bertz CT molecular complexity index is 636. The van der Waals surface area contributed by atoms with Crippen LogP contribution in [0.4, 0.5) is 4.79 Å². The number of nitrogens with zero attached hydrogens (tertiary/aromatic N) is 3. The van der Waals surface area contributed by atoms with Crippen molar-refractivity contribution in [3.05, 3.63) is 53.0 Å². The summed E-state index contributed by atoms with van der Waals surface area (Å²) in [7, 11) is 0. The highest BCUT2D eigenvalue weighted by Crippen LogP contribution is 2.19. The summed E-state index contributed by atoms with van der Waals surface area (Å²) in [5.74, 6) is 0. The minimum atomic E-state index is -0.516. The molecule has 5 nitrogen and oxygen atoms in total. The first-order chi connectivity index (χ1) is 10.8. The number of benzene rings is 1. The van der Waals surface area contributed by atoms with Crippen LogP contribution in [0, 0.1) is 0 Å². The van der Waals surface area contributed by atoms with E-state index in [4.69, 9.17) is 4.74 Å². The van der Waals surface area contributed by atoms with Gasteiger partial charge >= 0.3 is 6.09 Å². The number of imidazole rings is 1. The van der Waals surface area contributed by atoms with E-state index in [1.165, 1.54) is 0 Å². The van der Waals surface area contributed by atoms with Crippen molar-refractivity contribution in [2.24, 2.45) is 0 Å². The van der Waals surface area contributed by atoms with E-state index in [0.717, 1.165) is 10.0 Å². The Morgan fingerprint density at radius 2 is 2.09 bits per heavy atom. The average Bonchev–Trinajstić information content (AvgIpc) is 2.96. The van der Waals surface area contributed by atoms with E-state index in [2.05, 4.69) is 20.9 Å². The maximum absolute atomic E-state index is 12.5. The van der Waals surface area contributed by atoms with E-state index >= 15 is 0 Å². The van der Waals surface area contributed by atoms with Crippen molar-refractivity contribution in [3.63, 3.8) is 0 Å². The summed E-state index contributed by atoms with van der Waals surface area (Å²) < 4.78 is 8.45. The molecule has 6 heteroatoms. The number of hydrogen-bond acceptors (Lipinski definition) is 3. The lowest BCUT2D eigenvalue weighted by Crippen LogP contribution is -2.38. The smallest absolute Gasteiger partial charge is 0.410 e. The lowest BCUT2D eigenvalue weighted by molar-refractivity contribution is 0.0226. The van der Waals surface area contributed by atoms with E-state index < -0.39 is 5.60 Å². The summed E-state index contributed by atoms with van der Waals surface area (Å²) in [5.41, 5.74) is 0.530. The molecule has 1 aromatic carbocycles. The van der Waals surface area contributed by atoms with Gasteiger partial charge in [0.1, 0.15) is 5.60 Å². The number of rotatable bonds is 5. The molecular weight excluding hydrogens is 358 g/mol. The van der Waals surface area contributed by atoms with Gasteiger partial charge in [-0.2, -0.15) is 0 Å². The van der Waals surface area contributed by atoms with Crippen LogP contribution in [0.3, 0.4) is 0 Å². The van der Waals surface area contributed by atoms with Crippen molar-refractivity contribution in [2.45, 2.75) is 39.5 Å². The van der Waals surface area contributed by atoms with Gasteiger partial charge in [-0.1, -0.05) is 34.1 Å². The molecule has 0 saturated carbocycles. The van der Waals surface area contributed by atoms with E-state index in [1.54, 1.807) is 17.4 Å². The van der Waals surface area contributed by atoms with Gasteiger partial charge in [0.05, 0.1) is 12.9 Å². The SMILES string of the molecule is CC(C)(C)OC(=O)N(CCn1ccnc1)Cc1ccccc1Br. The first kappa shape index (κ1) is 17.5. The van der Waals surface area contributed by atoms with Gasteiger partial charge in [-0.3, -0.25) is 0 Å². The Balaban J connectivity index is 2.10. The molecule has 2 rings (SSSR count). The van der Waals surface area contributed by atoms with Crippen LogP contribution in [0.25, 0.3) is 0 Å². The van der Waals surface area contributed by atoms with Crippen molar-refractivity contribution >= 4 is 22.0 Å². The number of hydrogen-bond donors (Lipinski definition) is 0. The molecule has 0 fully saturated rings. The molecule has 0 radical (unpaired) electrons. The second-order valence-corrected chi connectivity index (χ2v) is 7.15. The predicted molar refractivity (Wildman–Crippen MR) is 93.0 cm³/mol. The summed E-state index contributed by atoms with van der Waals surface area (Å²) in [6, 6.07) is 7.89. The van der Waals surface area contributed by atoms with Gasteiger partial charge in [-0.25, -0.2) is 9.78 Å². The van der Waals surface area contributed by atoms with Gasteiger partial charge in [0.2, 0.25) is 0 Å². The third kappa shape index (κ3) is 5.71. The number of halogens is 1. The van der Waals surface area contributed by atoms with Crippen molar-refractivity contribution < 1.29 is 9.53 Å². The lowest BCUT2D eigenvalue weighted by Gasteiger charge is -2.28. The third-order valence-corrected chi connectivity index (χ3v) is 3.93. The fourth-order valence-electron chi connectivity index (χ4n) is 2.05. The summed E-state index contributed by atoms with van der Waals surface area (Å²) >= 11 is 3.53. The Morgan fingerprint density at radius 1 is 1.35 bits per heavy atom. The fraction of sp³-hybridized carbons (Fsp3) is 0.412. The molecule has 1 heterocycles. The highest BCUT2D eigenvalue weighted by Gasteiger charge is 2.22. The minimum absolute atomic E-state index is 0.312. The molecule has 0 spiro atoms. The van der Waals surface area contributed by atoms with Gasteiger partial charge in [-0.05, 0) is 32.4 Å². The summed E-state index contributed by atoms with van der Waals surface area (Å²) in [5, 5.41) is 0. The van der Waals surface area contributed by atoms with Crippen molar-refractivity contribution in [2.75, 3.05) is 6.54 Å². The van der Waals surface area contributed by atoms with Crippen LogP contribution in [-0.2, 0) is 17.8 Å². The number of amides is 1. The molecule has 0 atom stereocenters. The highest BCUT2D eigenvalue weighted by molar-refractivity contribution is 9.10. The van der Waals surface area contributed by atoms with Crippen molar-refractivity contribution in [1.82, 2.24) is 14.5 Å². The Kier molecular flexibility index (Phi) is 5.82. The molecule has 124 valence electrons. The van der Waals surface area contributed by atoms with Crippen LogP contribution in [0.1, 0.15) is 26.3 Å². The van der Waals surface area contributed by atoms with E-state index in [9.17, 15) is 4.79 Å². The zero-order valence-electron chi connectivity index (χ0n) is 13.7. The molecule has 1 amide bonds. The molecule has 0 aliphatic heterocycles. The second-order valence-electron chi connectivity index (χ2n) is 6.29. The third-order valence-electron chi connectivity index (χ3n) is 3.16. The molecule has 23 heavy (non-hydrogen) atoms. The Labute approximate surface area is 145 Å². The van der Waals surface area contributed by atoms with Crippen molar-refractivity contribution in [1.29, 1.82) is 0 Å². The maximum atomic E-state index is 12.5. The predicted octanol–water partition coefficient (Wildman–Crippen LogP) is 4.08. The van der Waals surface area contributed by atoms with Crippen LogP contribution in [-0.4, -0.2) is 32.7 Å². The van der Waals surface area contributed by atoms with Gasteiger partial charge in [0, 0.05) is 30.0 Å². The average molecular weight is 380 g/mol. The molecule has 0 N–H and O–H groups in total. The van der Waals surface area contributed by atoms with Gasteiger partial charge in [0.25, 0.3) is 0 Å². The molecule has 0 bridgehead atoms. The quantitative estimate of drug-likeness (QED) is 0.785. The van der Waals surface area contributed by atoms with Crippen LogP contribution in [0.15, 0.2) is 47.5 Å². The fourth-order valence-corrected chi connectivity index (χ4v) is 2.46. The molecule has 0 aliphatic carbocycles. The monoisotopic (exact) mass is 379 g/mol. The molecule has 0 unspecified atom stereocenters. The van der Waals surface area contributed by atoms with Crippen LogP contribution < -0.4 is 0 Å². The van der Waals surface area contributed by atoms with Gasteiger partial charge < -0.3 is 14.2 Å². The molecule has 0 aliphatic rings. The molecular formula is C17H22BrN3O2. The molecule has 2 aromatic rings. The zero-order chi connectivity index (χ0) is 16.9. The van der Waals surface area contributed by atoms with Gasteiger partial charge in [-0.15, -0.1) is 0 Å². The lowest BCUT2D eigenvalue weighted by atomic mass is 10.2. The normalized spacial score (nSPS) is 11.3. The number of aromatic nitrogens is 2. The Morgan fingerprint density at radius 3 is 2.70 bits per heavy atom. The standard InChI is InChI=1S/C17H22BrN3O2/c1-17(2,3)23-16(22)21(11-10-20-9-8-19-13-20)12-14-6-4-5-7-15(14)18/h4-9,13H,10-12H2,1-3H3. The first-order valence-electron chi connectivity index (χ1n) is 7.52. The van der Waals surface area contributed by atoms with Crippen LogP contribution in [0.2, 0.25) is 0 Å². The van der Waals surface area contributed by atoms with E-state index in [-0.39, 0.29) is 6.09 Å². The zero-order valence-corrected chi connectivity index (χ0v) is 15.3. The maximum Gasteiger partial charge on any atom is 0.410 e. The number of carbonyl (C=O) groups is 1. The first-order valence-corrected chi connectivity index (χ1v) is 8.31. The summed E-state index contributed by atoms with van der Waals surface area (Å²) in [4.78, 5) is 18.2. The highest BCUT2D eigenvalue weighted by atomic mass is 79.9. The minimum Gasteiger partial charge on any atom is -0.444 e. The van der Waals surface area contributed by atoms with Crippen LogP contribution >= 0.6 is 15.9 Å². The summed E-state index contributed by atoms with van der Waals surface area (Å²) in [6.45, 7) is 7.33. The number of carbonyl (C=O) groups excluding carboxylic acids is 1. The van der Waals surface area contributed by atoms with Crippen molar-refractivity contribution in [3.8, 4) is 0 Å². The number of ether oxygens (including phenoxy) is 1.